The van der Waals surface area contributed by atoms with Crippen LogP contribution in [0.4, 0.5) is 5.69 Å². The van der Waals surface area contributed by atoms with Crippen molar-refractivity contribution >= 4 is 21.6 Å². The van der Waals surface area contributed by atoms with Gasteiger partial charge in [0.2, 0.25) is 10.0 Å². The Morgan fingerprint density at radius 1 is 1.07 bits per heavy atom. The lowest BCUT2D eigenvalue weighted by atomic mass is 10.1. The highest BCUT2D eigenvalue weighted by Crippen LogP contribution is 2.20. The van der Waals surface area contributed by atoms with Gasteiger partial charge in [0, 0.05) is 18.8 Å². The van der Waals surface area contributed by atoms with Crippen LogP contribution in [-0.2, 0) is 19.6 Å². The van der Waals surface area contributed by atoms with Crippen LogP contribution >= 0.6 is 0 Å². The van der Waals surface area contributed by atoms with Gasteiger partial charge in [-0.25, -0.2) is 8.42 Å². The number of sulfonamides is 1. The van der Waals surface area contributed by atoms with Gasteiger partial charge in [-0.05, 0) is 61.4 Å². The summed E-state index contributed by atoms with van der Waals surface area (Å²) in [5.74, 6) is 0.322. The van der Waals surface area contributed by atoms with Crippen molar-refractivity contribution in [2.45, 2.75) is 18.7 Å². The lowest BCUT2D eigenvalue weighted by molar-refractivity contribution is -0.118. The summed E-state index contributed by atoms with van der Waals surface area (Å²) in [5.41, 5.74) is 2.63. The van der Waals surface area contributed by atoms with Crippen LogP contribution in [0.2, 0.25) is 0 Å². The average Bonchev–Trinajstić information content (AvgIpc) is 2.67. The van der Waals surface area contributed by atoms with Crippen molar-refractivity contribution in [1.29, 1.82) is 0 Å². The number of ether oxygens (including phenoxy) is 2. The molecule has 0 aliphatic carbocycles. The maximum atomic E-state index is 12.6. The summed E-state index contributed by atoms with van der Waals surface area (Å²) < 4.78 is 37.3. The Balaban J connectivity index is 1.58. The van der Waals surface area contributed by atoms with Crippen LogP contribution in [0.1, 0.15) is 11.1 Å². The molecule has 0 atom stereocenters. The minimum atomic E-state index is -3.55. The number of nitrogens with one attached hydrogen (secondary N) is 1. The van der Waals surface area contributed by atoms with Crippen LogP contribution in [0.25, 0.3) is 0 Å². The van der Waals surface area contributed by atoms with E-state index in [2.05, 4.69) is 5.32 Å². The highest BCUT2D eigenvalue weighted by atomic mass is 32.2. The molecule has 0 saturated carbocycles. The van der Waals surface area contributed by atoms with Gasteiger partial charge in [0.1, 0.15) is 5.75 Å². The van der Waals surface area contributed by atoms with Gasteiger partial charge in [0.25, 0.3) is 5.91 Å². The third-order valence-electron chi connectivity index (χ3n) is 4.31. The fourth-order valence-electron chi connectivity index (χ4n) is 3.01. The lowest BCUT2D eigenvalue weighted by Gasteiger charge is -2.26. The van der Waals surface area contributed by atoms with E-state index >= 15 is 0 Å². The van der Waals surface area contributed by atoms with Crippen LogP contribution < -0.4 is 10.1 Å². The maximum Gasteiger partial charge on any atom is 0.262 e. The molecule has 28 heavy (non-hydrogen) atoms. The molecule has 1 aliphatic rings. The van der Waals surface area contributed by atoms with Gasteiger partial charge in [-0.3, -0.25) is 4.79 Å². The van der Waals surface area contributed by atoms with Crippen molar-refractivity contribution in [1.82, 2.24) is 4.31 Å². The summed E-state index contributed by atoms with van der Waals surface area (Å²) >= 11 is 0. The van der Waals surface area contributed by atoms with Gasteiger partial charge in [0.15, 0.2) is 6.61 Å². The zero-order valence-corrected chi connectivity index (χ0v) is 16.8. The molecule has 0 spiro atoms. The largest absolute Gasteiger partial charge is 0.484 e. The van der Waals surface area contributed by atoms with E-state index in [1.54, 1.807) is 12.1 Å². The number of benzene rings is 2. The number of amides is 1. The smallest absolute Gasteiger partial charge is 0.262 e. The fraction of sp³-hybridized carbons (Fsp3) is 0.350. The Kier molecular flexibility index (Phi) is 6.33. The second-order valence-electron chi connectivity index (χ2n) is 6.70. The van der Waals surface area contributed by atoms with Gasteiger partial charge in [-0.2, -0.15) is 4.31 Å². The highest BCUT2D eigenvalue weighted by molar-refractivity contribution is 7.89. The molecule has 1 fully saturated rings. The Labute approximate surface area is 165 Å². The fourth-order valence-corrected chi connectivity index (χ4v) is 4.42. The molecule has 1 amide bonds. The topological polar surface area (TPSA) is 84.9 Å². The molecule has 0 aromatic heterocycles. The molecule has 1 aliphatic heterocycles. The van der Waals surface area contributed by atoms with Crippen molar-refractivity contribution in [2.24, 2.45) is 0 Å². The Hall–Kier alpha value is -2.42. The van der Waals surface area contributed by atoms with E-state index in [1.165, 1.54) is 16.4 Å². The molecule has 0 radical (unpaired) electrons. The standard InChI is InChI=1S/C20H24N2O5S/c1-15-11-16(2)13-18(12-15)27-14-20(23)21-17-3-5-19(6-4-17)28(24,25)22-7-9-26-10-8-22/h3-6,11-13H,7-10,14H2,1-2H3,(H,21,23). The van der Waals surface area contributed by atoms with E-state index in [1.807, 2.05) is 32.0 Å². The summed E-state index contributed by atoms with van der Waals surface area (Å²) in [7, 11) is -3.55. The van der Waals surface area contributed by atoms with Crippen molar-refractivity contribution in [3.8, 4) is 5.75 Å². The Morgan fingerprint density at radius 3 is 2.29 bits per heavy atom. The molecule has 2 aromatic rings. The summed E-state index contributed by atoms with van der Waals surface area (Å²) in [6, 6.07) is 11.9. The lowest BCUT2D eigenvalue weighted by Crippen LogP contribution is -2.40. The number of anilines is 1. The normalized spacial score (nSPS) is 15.2. The summed E-state index contributed by atoms with van der Waals surface area (Å²) in [5, 5.41) is 2.71. The van der Waals surface area contributed by atoms with Crippen LogP contribution in [-0.4, -0.2) is 51.5 Å². The molecular weight excluding hydrogens is 380 g/mol. The number of carbonyl (C=O) groups excluding carboxylic acids is 1. The molecule has 8 heteroatoms. The first kappa shape index (κ1) is 20.3. The molecule has 1 N–H and O–H groups in total. The second kappa shape index (κ2) is 8.72. The summed E-state index contributed by atoms with van der Waals surface area (Å²) in [6.45, 7) is 5.28. The first-order chi connectivity index (χ1) is 13.3. The Bertz CT molecular complexity index is 915. The molecule has 150 valence electrons. The number of nitrogens with zero attached hydrogens (tertiary/aromatic N) is 1. The van der Waals surface area contributed by atoms with Gasteiger partial charge < -0.3 is 14.8 Å². The van der Waals surface area contributed by atoms with E-state index in [-0.39, 0.29) is 17.4 Å². The van der Waals surface area contributed by atoms with E-state index in [0.717, 1.165) is 11.1 Å². The molecule has 1 heterocycles. The second-order valence-corrected chi connectivity index (χ2v) is 8.64. The van der Waals surface area contributed by atoms with Gasteiger partial charge >= 0.3 is 0 Å². The molecule has 0 unspecified atom stereocenters. The molecule has 2 aromatic carbocycles. The van der Waals surface area contributed by atoms with Gasteiger partial charge in [0.05, 0.1) is 18.1 Å². The number of hydrogen-bond donors (Lipinski definition) is 1. The van der Waals surface area contributed by atoms with E-state index in [0.29, 0.717) is 37.7 Å². The van der Waals surface area contributed by atoms with E-state index in [4.69, 9.17) is 9.47 Å². The molecular formula is C20H24N2O5S. The predicted molar refractivity (Wildman–Crippen MR) is 106 cm³/mol. The van der Waals surface area contributed by atoms with Crippen LogP contribution in [0, 0.1) is 13.8 Å². The van der Waals surface area contributed by atoms with Gasteiger partial charge in [-0.15, -0.1) is 0 Å². The number of hydrogen-bond acceptors (Lipinski definition) is 5. The summed E-state index contributed by atoms with van der Waals surface area (Å²) in [4.78, 5) is 12.3. The Morgan fingerprint density at radius 2 is 1.68 bits per heavy atom. The minimum absolute atomic E-state index is 0.128. The monoisotopic (exact) mass is 404 g/mol. The van der Waals surface area contributed by atoms with Crippen molar-refractivity contribution in [3.63, 3.8) is 0 Å². The zero-order chi connectivity index (χ0) is 20.1. The quantitative estimate of drug-likeness (QED) is 0.799. The molecule has 7 nitrogen and oxygen atoms in total. The average molecular weight is 404 g/mol. The van der Waals surface area contributed by atoms with Crippen LogP contribution in [0.3, 0.4) is 0 Å². The number of carbonyl (C=O) groups is 1. The third kappa shape index (κ3) is 5.09. The number of rotatable bonds is 6. The SMILES string of the molecule is Cc1cc(C)cc(OCC(=O)Nc2ccc(S(=O)(=O)N3CCOCC3)cc2)c1. The predicted octanol–water partition coefficient (Wildman–Crippen LogP) is 2.34. The zero-order valence-electron chi connectivity index (χ0n) is 16.0. The summed E-state index contributed by atoms with van der Waals surface area (Å²) in [6.07, 6.45) is 0. The molecule has 0 bridgehead atoms. The molecule has 3 rings (SSSR count). The van der Waals surface area contributed by atoms with Crippen molar-refractivity contribution in [2.75, 3.05) is 38.2 Å². The van der Waals surface area contributed by atoms with Crippen molar-refractivity contribution in [3.05, 3.63) is 53.6 Å². The van der Waals surface area contributed by atoms with E-state index < -0.39 is 10.0 Å². The highest BCUT2D eigenvalue weighted by Gasteiger charge is 2.26. The van der Waals surface area contributed by atoms with Crippen molar-refractivity contribution < 1.29 is 22.7 Å². The maximum absolute atomic E-state index is 12.6. The number of aryl methyl sites for hydroxylation is 2. The van der Waals surface area contributed by atoms with Crippen LogP contribution in [0.15, 0.2) is 47.4 Å². The van der Waals surface area contributed by atoms with Gasteiger partial charge in [-0.1, -0.05) is 6.07 Å². The first-order valence-electron chi connectivity index (χ1n) is 9.03. The minimum Gasteiger partial charge on any atom is -0.484 e. The first-order valence-corrected chi connectivity index (χ1v) is 10.5. The molecule has 1 saturated heterocycles. The van der Waals surface area contributed by atoms with Crippen LogP contribution in [0.5, 0.6) is 5.75 Å². The van der Waals surface area contributed by atoms with E-state index in [9.17, 15) is 13.2 Å². The number of morpholine rings is 1. The third-order valence-corrected chi connectivity index (χ3v) is 6.22.